The normalized spacial score (nSPS) is 20.8. The van der Waals surface area contributed by atoms with Crippen molar-refractivity contribution in [1.82, 2.24) is 36.9 Å². The number of nitrogens with one attached hydrogen (secondary N) is 7. The minimum absolute atomic E-state index is 0.0110. The van der Waals surface area contributed by atoms with Gasteiger partial charge in [-0.15, -0.1) is 0 Å². The highest BCUT2D eigenvalue weighted by atomic mass is 33.1. The van der Waals surface area contributed by atoms with Crippen LogP contribution in [-0.2, 0) is 52.8 Å². The number of carboxylic acid groups (broad SMARTS) is 1. The molecule has 71 heavy (non-hydrogen) atoms. The molecule has 0 radical (unpaired) electrons. The zero-order valence-electron chi connectivity index (χ0n) is 38.7. The van der Waals surface area contributed by atoms with Crippen LogP contribution in [0.3, 0.4) is 0 Å². The van der Waals surface area contributed by atoms with E-state index in [1.165, 1.54) is 6.92 Å². The van der Waals surface area contributed by atoms with Gasteiger partial charge in [0.2, 0.25) is 35.4 Å². The number of carbonyl (C=O) groups excluding carboxylic acids is 6. The molecule has 8 atom stereocenters. The molecular weight excluding hydrogens is 972 g/mol. The van der Waals surface area contributed by atoms with Gasteiger partial charge in [-0.05, 0) is 61.9 Å². The van der Waals surface area contributed by atoms with Crippen LogP contribution < -0.4 is 43.4 Å². The van der Waals surface area contributed by atoms with Crippen LogP contribution in [-0.4, -0.2) is 141 Å². The number of carboxylic acids is 1. The van der Waals surface area contributed by atoms with E-state index < -0.39 is 103 Å². The van der Waals surface area contributed by atoms with Crippen LogP contribution >= 0.6 is 21.6 Å². The minimum Gasteiger partial charge on any atom is -0.475 e. The molecule has 386 valence electrons. The van der Waals surface area contributed by atoms with E-state index in [0.29, 0.717) is 30.5 Å². The van der Waals surface area contributed by atoms with E-state index in [2.05, 4.69) is 36.9 Å². The van der Waals surface area contributed by atoms with Crippen molar-refractivity contribution in [2.75, 3.05) is 24.7 Å². The molecule has 0 spiro atoms. The summed E-state index contributed by atoms with van der Waals surface area (Å²) in [5, 5.41) is 44.6. The van der Waals surface area contributed by atoms with E-state index in [-0.39, 0.29) is 37.2 Å². The number of para-hydroxylation sites is 1. The van der Waals surface area contributed by atoms with Gasteiger partial charge in [-0.2, -0.15) is 13.2 Å². The average molecular weight is 1030 g/mol. The molecule has 14 N–H and O–H groups in total. The number of alkyl halides is 3. The Morgan fingerprint density at radius 2 is 1.32 bits per heavy atom. The molecule has 4 aromatic rings. The summed E-state index contributed by atoms with van der Waals surface area (Å²) in [5.41, 5.74) is 15.1. The number of hydrogen-bond acceptors (Lipinski definition) is 13. The number of hydrogen-bond donors (Lipinski definition) is 12. The smallest absolute Gasteiger partial charge is 0.475 e. The molecule has 1 saturated heterocycles. The lowest BCUT2D eigenvalue weighted by molar-refractivity contribution is -0.192. The predicted molar refractivity (Wildman–Crippen MR) is 262 cm³/mol. The van der Waals surface area contributed by atoms with E-state index in [0.717, 1.165) is 38.1 Å². The fraction of sp³-hybridized carbons (Fsp3) is 0.426. The zero-order chi connectivity index (χ0) is 52.1. The Hall–Kier alpha value is -6.18. The number of halogens is 3. The summed E-state index contributed by atoms with van der Waals surface area (Å²) in [6.45, 7) is 1.15. The number of aromatic nitrogens is 1. The van der Waals surface area contributed by atoms with Crippen molar-refractivity contribution in [3.63, 3.8) is 0 Å². The van der Waals surface area contributed by atoms with Gasteiger partial charge in [-0.3, -0.25) is 28.8 Å². The number of aromatic amines is 1. The zero-order valence-corrected chi connectivity index (χ0v) is 40.3. The van der Waals surface area contributed by atoms with Crippen molar-refractivity contribution in [1.29, 1.82) is 0 Å². The molecule has 0 bridgehead atoms. The molecule has 5 rings (SSSR count). The summed E-state index contributed by atoms with van der Waals surface area (Å²) in [7, 11) is 2.24. The van der Waals surface area contributed by atoms with Crippen molar-refractivity contribution in [2.45, 2.75) is 100 Å². The van der Waals surface area contributed by atoms with Crippen LogP contribution in [0.25, 0.3) is 10.9 Å². The van der Waals surface area contributed by atoms with Gasteiger partial charge in [0.15, 0.2) is 0 Å². The summed E-state index contributed by atoms with van der Waals surface area (Å²) in [5.74, 6) is -6.98. The van der Waals surface area contributed by atoms with E-state index >= 15 is 0 Å². The molecule has 1 aliphatic heterocycles. The quantitative estimate of drug-likeness (QED) is 0.0550. The number of benzene rings is 3. The average Bonchev–Trinajstić information content (AvgIpc) is 3.75. The van der Waals surface area contributed by atoms with Gasteiger partial charge in [0.05, 0.1) is 24.8 Å². The van der Waals surface area contributed by atoms with Crippen LogP contribution in [0.1, 0.15) is 42.9 Å². The van der Waals surface area contributed by atoms with E-state index in [4.69, 9.17) is 21.4 Å². The third-order valence-corrected chi connectivity index (χ3v) is 13.5. The number of rotatable bonds is 16. The van der Waals surface area contributed by atoms with Crippen LogP contribution in [0.15, 0.2) is 91.1 Å². The monoisotopic (exact) mass is 1030 g/mol. The number of aliphatic hydroxyl groups excluding tert-OH is 2. The van der Waals surface area contributed by atoms with Gasteiger partial charge < -0.3 is 63.7 Å². The van der Waals surface area contributed by atoms with Crippen LogP contribution in [0.2, 0.25) is 0 Å². The highest BCUT2D eigenvalue weighted by Gasteiger charge is 2.38. The van der Waals surface area contributed by atoms with Gasteiger partial charge >= 0.3 is 12.1 Å². The lowest BCUT2D eigenvalue weighted by atomic mass is 10.0. The summed E-state index contributed by atoms with van der Waals surface area (Å²) in [6, 6.07) is 17.4. The molecule has 24 heteroatoms. The highest BCUT2D eigenvalue weighted by molar-refractivity contribution is 8.76. The summed E-state index contributed by atoms with van der Waals surface area (Å²) >= 11 is 0. The number of aliphatic carboxylic acids is 1. The highest BCUT2D eigenvalue weighted by Crippen LogP contribution is 2.24. The molecule has 1 fully saturated rings. The fourth-order valence-corrected chi connectivity index (χ4v) is 9.41. The Labute approximate surface area is 415 Å². The van der Waals surface area contributed by atoms with Gasteiger partial charge in [-0.1, -0.05) is 100 Å². The lowest BCUT2D eigenvalue weighted by Crippen LogP contribution is -2.60. The maximum atomic E-state index is 14.5. The van der Waals surface area contributed by atoms with E-state index in [1.54, 1.807) is 30.5 Å². The molecule has 2 heterocycles. The van der Waals surface area contributed by atoms with Crippen molar-refractivity contribution in [3.8, 4) is 0 Å². The second kappa shape index (κ2) is 28.6. The standard InChI is InChI=1S/C45H59N9O8S2.C2HF3O2/c1-27(56)37(24-55)52-45(62)39-26-64-63-25-38(53-40(57)32(47)20-28-12-4-2-5-13-28)44(61)50-35(21-29-14-6-3-7-15-29)42(59)51-36(22-30-23-48-33-17-9-8-16-31(30)33)43(60)49-34(41(58)54-39)18-10-11-19-46;3-2(4,5)1(6)7/h2-9,12-17,23,27,32,34-39,48,55-56H,10-11,18-22,24-26,46-47H2,1H3,(H,49,60)(H,50,61)(H,51,59)(H,52,62)(H,53,57)(H,54,58);(H,6,7)/t27-,32+,34+,35+,36-,37-,38+,39+;/m1./s1. The Bertz CT molecular complexity index is 2380. The Morgan fingerprint density at radius 1 is 0.775 bits per heavy atom. The van der Waals surface area contributed by atoms with Gasteiger partial charge in [0, 0.05) is 41.4 Å². The van der Waals surface area contributed by atoms with Crippen LogP contribution in [0.5, 0.6) is 0 Å². The summed E-state index contributed by atoms with van der Waals surface area (Å²) in [4.78, 5) is 97.0. The first-order valence-corrected chi connectivity index (χ1v) is 25.0. The molecule has 0 aliphatic carbocycles. The number of aliphatic hydroxyl groups is 2. The third kappa shape index (κ3) is 18.8. The maximum absolute atomic E-state index is 14.5. The molecule has 1 aliphatic rings. The first-order chi connectivity index (χ1) is 33.8. The van der Waals surface area contributed by atoms with Crippen LogP contribution in [0.4, 0.5) is 13.2 Å². The second-order valence-corrected chi connectivity index (χ2v) is 19.1. The molecule has 0 saturated carbocycles. The largest absolute Gasteiger partial charge is 0.490 e. The number of unbranched alkanes of at least 4 members (excludes halogenated alkanes) is 1. The van der Waals surface area contributed by atoms with E-state index in [1.807, 2.05) is 60.7 Å². The van der Waals surface area contributed by atoms with Crippen molar-refractivity contribution < 1.29 is 62.1 Å². The molecule has 19 nitrogen and oxygen atoms in total. The number of carbonyl (C=O) groups is 7. The minimum atomic E-state index is -5.08. The molecule has 0 unspecified atom stereocenters. The van der Waals surface area contributed by atoms with Gasteiger partial charge in [-0.25, -0.2) is 4.79 Å². The molecular formula is C47H60F3N9O10S2. The predicted octanol–water partition coefficient (Wildman–Crippen LogP) is 0.962. The molecule has 6 amide bonds. The molecule has 3 aromatic carbocycles. The van der Waals surface area contributed by atoms with Crippen molar-refractivity contribution >= 4 is 73.9 Å². The fourth-order valence-electron chi connectivity index (χ4n) is 7.08. The topological polar surface area (TPSA) is 320 Å². The Morgan fingerprint density at radius 3 is 1.93 bits per heavy atom. The summed E-state index contributed by atoms with van der Waals surface area (Å²) < 4.78 is 31.7. The van der Waals surface area contributed by atoms with E-state index in [9.17, 15) is 52.2 Å². The third-order valence-electron chi connectivity index (χ3n) is 11.0. The first kappa shape index (κ1) is 57.4. The Kier molecular flexibility index (Phi) is 23.1. The lowest BCUT2D eigenvalue weighted by Gasteiger charge is -2.27. The SMILES string of the molecule is C[C@@H](O)[C@@H](CO)NC(=O)[C@@H]1CSSC[C@H](NC(=O)[C@@H](N)Cc2ccccc2)C(=O)N[C@@H](Cc2ccccc2)C(=O)N[C@H](Cc2c[nH]c3ccccc23)C(=O)N[C@@H](CCCCN)C(=O)N1.O=C(O)C(F)(F)F. The molecule has 1 aromatic heterocycles. The maximum Gasteiger partial charge on any atom is 0.490 e. The second-order valence-electron chi connectivity index (χ2n) is 16.6. The first-order valence-electron chi connectivity index (χ1n) is 22.5. The Balaban J connectivity index is 0.00000145. The van der Waals surface area contributed by atoms with Gasteiger partial charge in [0.1, 0.15) is 30.2 Å². The number of fused-ring (bicyclic) bond motifs is 1. The number of nitrogens with two attached hydrogens (primary N) is 2. The number of H-pyrrole nitrogens is 1. The summed E-state index contributed by atoms with van der Waals surface area (Å²) in [6.07, 6.45) is -3.15. The van der Waals surface area contributed by atoms with Crippen LogP contribution in [0, 0.1) is 0 Å². The van der Waals surface area contributed by atoms with Crippen molar-refractivity contribution in [3.05, 3.63) is 108 Å². The van der Waals surface area contributed by atoms with Gasteiger partial charge in [0.25, 0.3) is 0 Å². The van der Waals surface area contributed by atoms with Crippen molar-refractivity contribution in [2.24, 2.45) is 11.5 Å². The number of amides is 6.